The molecular formula is C13H16N2O5. The van der Waals surface area contributed by atoms with Crippen LogP contribution in [0.2, 0.25) is 0 Å². The van der Waals surface area contributed by atoms with Crippen LogP contribution in [0.15, 0.2) is 12.1 Å². The highest BCUT2D eigenvalue weighted by Crippen LogP contribution is 2.43. The normalized spacial score (nSPS) is 32.8. The number of phenolic OH excluding ortho intramolecular Hbond substituents is 2. The number of carbonyl (C=O) groups is 1. The van der Waals surface area contributed by atoms with E-state index in [0.29, 0.717) is 5.56 Å². The average Bonchev–Trinajstić information content (AvgIpc) is 2.40. The van der Waals surface area contributed by atoms with Gasteiger partial charge in [0.25, 0.3) is 0 Å². The SMILES string of the molecule is NC1CC(O)C2C(O)c3ccc(O)c(O)c3CN2C1=O. The van der Waals surface area contributed by atoms with E-state index >= 15 is 0 Å². The Morgan fingerprint density at radius 3 is 2.65 bits per heavy atom. The van der Waals surface area contributed by atoms with Gasteiger partial charge in [0.05, 0.1) is 24.7 Å². The molecule has 1 saturated heterocycles. The molecule has 1 aromatic rings. The minimum absolute atomic E-state index is 0.000880. The number of nitrogens with zero attached hydrogens (tertiary/aromatic N) is 1. The third-order valence-electron chi connectivity index (χ3n) is 4.12. The van der Waals surface area contributed by atoms with Gasteiger partial charge in [-0.15, -0.1) is 0 Å². The zero-order chi connectivity index (χ0) is 14.6. The van der Waals surface area contributed by atoms with E-state index in [1.54, 1.807) is 0 Å². The summed E-state index contributed by atoms with van der Waals surface area (Å²) in [5.74, 6) is -1.06. The van der Waals surface area contributed by atoms with E-state index in [2.05, 4.69) is 0 Å². The zero-order valence-electron chi connectivity index (χ0n) is 10.6. The van der Waals surface area contributed by atoms with E-state index in [0.717, 1.165) is 0 Å². The van der Waals surface area contributed by atoms with E-state index in [1.807, 2.05) is 0 Å². The predicted molar refractivity (Wildman–Crippen MR) is 67.7 cm³/mol. The van der Waals surface area contributed by atoms with E-state index in [-0.39, 0.29) is 35.9 Å². The molecule has 0 bridgehead atoms. The second-order valence-corrected chi connectivity index (χ2v) is 5.31. The van der Waals surface area contributed by atoms with E-state index in [9.17, 15) is 25.2 Å². The zero-order valence-corrected chi connectivity index (χ0v) is 10.6. The smallest absolute Gasteiger partial charge is 0.240 e. The van der Waals surface area contributed by atoms with Gasteiger partial charge in [0.15, 0.2) is 11.5 Å². The summed E-state index contributed by atoms with van der Waals surface area (Å²) in [4.78, 5) is 13.4. The van der Waals surface area contributed by atoms with Gasteiger partial charge in [-0.1, -0.05) is 6.07 Å². The molecule has 0 aromatic heterocycles. The van der Waals surface area contributed by atoms with Crippen LogP contribution in [-0.4, -0.2) is 49.4 Å². The van der Waals surface area contributed by atoms with Gasteiger partial charge < -0.3 is 31.1 Å². The van der Waals surface area contributed by atoms with Crippen LogP contribution < -0.4 is 5.73 Å². The third kappa shape index (κ3) is 1.67. The van der Waals surface area contributed by atoms with Crippen LogP contribution in [0.25, 0.3) is 0 Å². The summed E-state index contributed by atoms with van der Waals surface area (Å²) >= 11 is 0. The van der Waals surface area contributed by atoms with Gasteiger partial charge in [-0.3, -0.25) is 4.79 Å². The summed E-state index contributed by atoms with van der Waals surface area (Å²) in [7, 11) is 0. The lowest BCUT2D eigenvalue weighted by Gasteiger charge is -2.47. The van der Waals surface area contributed by atoms with Gasteiger partial charge >= 0.3 is 0 Å². The molecule has 4 atom stereocenters. The fourth-order valence-electron chi connectivity index (χ4n) is 3.07. The molecule has 2 aliphatic heterocycles. The van der Waals surface area contributed by atoms with Crippen LogP contribution in [0.3, 0.4) is 0 Å². The average molecular weight is 280 g/mol. The monoisotopic (exact) mass is 280 g/mol. The van der Waals surface area contributed by atoms with Gasteiger partial charge in [0.2, 0.25) is 5.91 Å². The van der Waals surface area contributed by atoms with Crippen LogP contribution in [-0.2, 0) is 11.3 Å². The van der Waals surface area contributed by atoms with Gasteiger partial charge in [0.1, 0.15) is 6.10 Å². The maximum absolute atomic E-state index is 12.1. The summed E-state index contributed by atoms with van der Waals surface area (Å²) in [6.07, 6.45) is -1.96. The molecule has 3 rings (SSSR count). The van der Waals surface area contributed by atoms with Crippen molar-refractivity contribution in [1.82, 2.24) is 4.90 Å². The summed E-state index contributed by atoms with van der Waals surface area (Å²) in [6.45, 7) is 0.000880. The molecule has 108 valence electrons. The number of aliphatic hydroxyl groups is 2. The molecule has 1 fully saturated rings. The van der Waals surface area contributed by atoms with Crippen LogP contribution >= 0.6 is 0 Å². The minimum atomic E-state index is -1.13. The van der Waals surface area contributed by atoms with Crippen molar-refractivity contribution in [2.75, 3.05) is 0 Å². The molecule has 2 heterocycles. The first kappa shape index (κ1) is 13.2. The molecule has 20 heavy (non-hydrogen) atoms. The second-order valence-electron chi connectivity index (χ2n) is 5.31. The van der Waals surface area contributed by atoms with E-state index < -0.39 is 24.3 Å². The van der Waals surface area contributed by atoms with Gasteiger partial charge in [-0.2, -0.15) is 0 Å². The van der Waals surface area contributed by atoms with Crippen molar-refractivity contribution in [3.05, 3.63) is 23.3 Å². The largest absolute Gasteiger partial charge is 0.504 e. The van der Waals surface area contributed by atoms with Crippen molar-refractivity contribution >= 4 is 5.91 Å². The lowest BCUT2D eigenvalue weighted by molar-refractivity contribution is -0.153. The number of aromatic hydroxyl groups is 2. The maximum Gasteiger partial charge on any atom is 0.240 e. The van der Waals surface area contributed by atoms with Crippen molar-refractivity contribution in [3.8, 4) is 11.5 Å². The number of hydrogen-bond donors (Lipinski definition) is 5. The Hall–Kier alpha value is -1.83. The highest BCUT2D eigenvalue weighted by atomic mass is 16.3. The van der Waals surface area contributed by atoms with Crippen molar-refractivity contribution in [3.63, 3.8) is 0 Å². The van der Waals surface area contributed by atoms with Crippen LogP contribution in [0, 0.1) is 0 Å². The topological polar surface area (TPSA) is 127 Å². The molecule has 0 saturated carbocycles. The molecular weight excluding hydrogens is 264 g/mol. The number of amides is 1. The first-order chi connectivity index (χ1) is 9.41. The number of fused-ring (bicyclic) bond motifs is 2. The summed E-state index contributed by atoms with van der Waals surface area (Å²) in [5, 5.41) is 39.8. The van der Waals surface area contributed by atoms with Gasteiger partial charge in [-0.05, 0) is 18.1 Å². The lowest BCUT2D eigenvalue weighted by Crippen LogP contribution is -2.62. The molecule has 0 aliphatic carbocycles. The Morgan fingerprint density at radius 1 is 1.25 bits per heavy atom. The van der Waals surface area contributed by atoms with Crippen molar-refractivity contribution in [1.29, 1.82) is 0 Å². The summed E-state index contributed by atoms with van der Waals surface area (Å²) in [5.41, 5.74) is 6.35. The Balaban J connectivity index is 2.10. The quantitative estimate of drug-likeness (QED) is 0.385. The second kappa shape index (κ2) is 4.34. The maximum atomic E-state index is 12.1. The first-order valence-corrected chi connectivity index (χ1v) is 6.37. The van der Waals surface area contributed by atoms with E-state index in [1.165, 1.54) is 17.0 Å². The number of piperidine rings is 1. The number of carbonyl (C=O) groups excluding carboxylic acids is 1. The fourth-order valence-corrected chi connectivity index (χ4v) is 3.07. The molecule has 2 aliphatic rings. The lowest BCUT2D eigenvalue weighted by atomic mass is 9.82. The molecule has 0 spiro atoms. The standard InChI is InChI=1S/C13H16N2O5/c14-7-3-9(17)10-12(19)5-1-2-8(16)11(18)6(5)4-15(10)13(7)20/h1-2,7,9-10,12,16-19H,3-4,14H2. The summed E-state index contributed by atoms with van der Waals surface area (Å²) in [6, 6.07) is 1.15. The van der Waals surface area contributed by atoms with Crippen molar-refractivity contribution in [2.24, 2.45) is 5.73 Å². The number of phenols is 2. The van der Waals surface area contributed by atoms with Crippen LogP contribution in [0.4, 0.5) is 0 Å². The number of nitrogens with two attached hydrogens (primary N) is 1. The number of rotatable bonds is 0. The number of hydrogen-bond acceptors (Lipinski definition) is 6. The van der Waals surface area contributed by atoms with E-state index in [4.69, 9.17) is 5.73 Å². The minimum Gasteiger partial charge on any atom is -0.504 e. The Bertz CT molecular complexity index is 576. The summed E-state index contributed by atoms with van der Waals surface area (Å²) < 4.78 is 0. The van der Waals surface area contributed by atoms with Crippen LogP contribution in [0.1, 0.15) is 23.7 Å². The Kier molecular flexibility index (Phi) is 2.86. The highest BCUT2D eigenvalue weighted by molar-refractivity contribution is 5.83. The van der Waals surface area contributed by atoms with Gasteiger partial charge in [-0.25, -0.2) is 0 Å². The van der Waals surface area contributed by atoms with Crippen molar-refractivity contribution < 1.29 is 25.2 Å². The number of benzene rings is 1. The molecule has 0 radical (unpaired) electrons. The molecule has 4 unspecified atom stereocenters. The fraction of sp³-hybridized carbons (Fsp3) is 0.462. The Labute approximate surface area is 114 Å². The van der Waals surface area contributed by atoms with Crippen molar-refractivity contribution in [2.45, 2.75) is 37.3 Å². The molecule has 1 aromatic carbocycles. The first-order valence-electron chi connectivity index (χ1n) is 6.37. The highest BCUT2D eigenvalue weighted by Gasteiger charge is 2.47. The molecule has 6 N–H and O–H groups in total. The number of aliphatic hydroxyl groups excluding tert-OH is 2. The third-order valence-corrected chi connectivity index (χ3v) is 4.12. The van der Waals surface area contributed by atoms with Crippen LogP contribution in [0.5, 0.6) is 11.5 Å². The van der Waals surface area contributed by atoms with Gasteiger partial charge in [0, 0.05) is 5.56 Å². The molecule has 7 nitrogen and oxygen atoms in total. The molecule has 1 amide bonds. The predicted octanol–water partition coefficient (Wildman–Crippen LogP) is -1.07. The Morgan fingerprint density at radius 2 is 1.95 bits per heavy atom. The molecule has 7 heteroatoms.